The Morgan fingerprint density at radius 1 is 1.54 bits per heavy atom. The first-order valence-corrected chi connectivity index (χ1v) is 3.71. The van der Waals surface area contributed by atoms with E-state index in [4.69, 9.17) is 9.47 Å². The standard InChI is InChI=1S/C9H7O4/c1-11-9(10)6-3-2-4-7-8(6)13-5-12-7/h3-4H,5H2,1H3. The molecule has 1 aromatic carbocycles. The molecule has 0 saturated carbocycles. The Balaban J connectivity index is 2.47. The van der Waals surface area contributed by atoms with Gasteiger partial charge in [-0.15, -0.1) is 0 Å². The fourth-order valence-corrected chi connectivity index (χ4v) is 1.13. The molecule has 1 aromatic rings. The van der Waals surface area contributed by atoms with Crippen LogP contribution in [0.2, 0.25) is 0 Å². The minimum Gasteiger partial charge on any atom is -0.465 e. The van der Waals surface area contributed by atoms with Crippen LogP contribution in [0.25, 0.3) is 0 Å². The first-order valence-electron chi connectivity index (χ1n) is 3.71. The maximum atomic E-state index is 11.2. The number of rotatable bonds is 1. The normalized spacial score (nSPS) is 12.7. The third kappa shape index (κ3) is 1.20. The third-order valence-corrected chi connectivity index (χ3v) is 1.73. The van der Waals surface area contributed by atoms with E-state index in [1.165, 1.54) is 13.2 Å². The number of ether oxygens (including phenoxy) is 3. The van der Waals surface area contributed by atoms with Crippen LogP contribution in [0.3, 0.4) is 0 Å². The lowest BCUT2D eigenvalue weighted by Crippen LogP contribution is -2.02. The Labute approximate surface area is 75.0 Å². The summed E-state index contributed by atoms with van der Waals surface area (Å²) in [4.78, 5) is 11.2. The Morgan fingerprint density at radius 3 is 3.15 bits per heavy atom. The molecule has 0 aromatic heterocycles. The minimum absolute atomic E-state index is 0.136. The van der Waals surface area contributed by atoms with E-state index in [2.05, 4.69) is 10.8 Å². The molecule has 0 aliphatic carbocycles. The zero-order valence-corrected chi connectivity index (χ0v) is 6.99. The lowest BCUT2D eigenvalue weighted by molar-refractivity contribution is 0.0596. The van der Waals surface area contributed by atoms with Crippen LogP contribution in [-0.2, 0) is 4.74 Å². The van der Waals surface area contributed by atoms with Crippen molar-refractivity contribution in [2.75, 3.05) is 13.9 Å². The van der Waals surface area contributed by atoms with Gasteiger partial charge in [-0.05, 0) is 18.2 Å². The molecule has 0 fully saturated rings. The lowest BCUT2D eigenvalue weighted by Gasteiger charge is -2.01. The van der Waals surface area contributed by atoms with E-state index >= 15 is 0 Å². The second-order valence-electron chi connectivity index (χ2n) is 2.46. The zero-order valence-electron chi connectivity index (χ0n) is 6.99. The van der Waals surface area contributed by atoms with Crippen molar-refractivity contribution < 1.29 is 19.0 Å². The van der Waals surface area contributed by atoms with E-state index < -0.39 is 5.97 Å². The predicted molar refractivity (Wildman–Crippen MR) is 42.7 cm³/mol. The molecule has 0 saturated heterocycles. The molecule has 0 amide bonds. The molecule has 1 aliphatic heterocycles. The van der Waals surface area contributed by atoms with Crippen molar-refractivity contribution in [3.8, 4) is 11.5 Å². The summed E-state index contributed by atoms with van der Waals surface area (Å²) >= 11 is 0. The molecule has 4 nitrogen and oxygen atoms in total. The highest BCUT2D eigenvalue weighted by atomic mass is 16.7. The highest BCUT2D eigenvalue weighted by Crippen LogP contribution is 2.35. The monoisotopic (exact) mass is 179 g/mol. The van der Waals surface area contributed by atoms with E-state index in [0.29, 0.717) is 17.1 Å². The molecular weight excluding hydrogens is 172 g/mol. The maximum Gasteiger partial charge on any atom is 0.341 e. The van der Waals surface area contributed by atoms with Crippen molar-refractivity contribution in [1.82, 2.24) is 0 Å². The summed E-state index contributed by atoms with van der Waals surface area (Å²) in [6, 6.07) is 5.90. The van der Waals surface area contributed by atoms with Crippen LogP contribution >= 0.6 is 0 Å². The number of carbonyl (C=O) groups excluding carboxylic acids is 1. The molecular formula is C9H7O4. The smallest absolute Gasteiger partial charge is 0.341 e. The number of methoxy groups -OCH3 is 1. The van der Waals surface area contributed by atoms with Crippen molar-refractivity contribution in [2.45, 2.75) is 0 Å². The van der Waals surface area contributed by atoms with E-state index in [9.17, 15) is 4.79 Å². The Hall–Kier alpha value is -1.71. The van der Waals surface area contributed by atoms with Gasteiger partial charge in [0.15, 0.2) is 11.5 Å². The van der Waals surface area contributed by atoms with Gasteiger partial charge in [0.2, 0.25) is 6.79 Å². The summed E-state index contributed by atoms with van der Waals surface area (Å²) in [6.07, 6.45) is 0. The second kappa shape index (κ2) is 2.97. The quantitative estimate of drug-likeness (QED) is 0.603. The van der Waals surface area contributed by atoms with Gasteiger partial charge in [0.05, 0.1) is 7.11 Å². The largest absolute Gasteiger partial charge is 0.465 e. The van der Waals surface area contributed by atoms with Gasteiger partial charge in [0.25, 0.3) is 0 Å². The maximum absolute atomic E-state index is 11.2. The molecule has 13 heavy (non-hydrogen) atoms. The first-order chi connectivity index (χ1) is 6.33. The number of hydrogen-bond acceptors (Lipinski definition) is 4. The summed E-state index contributed by atoms with van der Waals surface area (Å²) < 4.78 is 14.7. The van der Waals surface area contributed by atoms with Crippen LogP contribution in [0.1, 0.15) is 10.4 Å². The topological polar surface area (TPSA) is 44.8 Å². The van der Waals surface area contributed by atoms with Gasteiger partial charge in [-0.1, -0.05) is 0 Å². The van der Waals surface area contributed by atoms with Crippen LogP contribution < -0.4 is 9.47 Å². The molecule has 67 valence electrons. The molecule has 1 heterocycles. The number of esters is 1. The second-order valence-corrected chi connectivity index (χ2v) is 2.46. The molecule has 0 spiro atoms. The molecule has 0 bridgehead atoms. The Morgan fingerprint density at radius 2 is 2.38 bits per heavy atom. The average Bonchev–Trinajstić information content (AvgIpc) is 2.63. The van der Waals surface area contributed by atoms with Crippen LogP contribution in [0.5, 0.6) is 11.5 Å². The number of benzene rings is 1. The summed E-state index contributed by atoms with van der Waals surface area (Å²) in [5.74, 6) is 0.520. The minimum atomic E-state index is -0.446. The predicted octanol–water partition coefficient (Wildman–Crippen LogP) is 1.00. The van der Waals surface area contributed by atoms with Crippen molar-refractivity contribution in [3.63, 3.8) is 0 Å². The van der Waals surface area contributed by atoms with E-state index in [1.807, 2.05) is 0 Å². The molecule has 0 unspecified atom stereocenters. The van der Waals surface area contributed by atoms with Crippen LogP contribution in [0.15, 0.2) is 12.1 Å². The first kappa shape index (κ1) is 7.91. The van der Waals surface area contributed by atoms with Gasteiger partial charge >= 0.3 is 5.97 Å². The Bertz CT molecular complexity index is 345. The summed E-state index contributed by atoms with van der Waals surface area (Å²) in [6.45, 7) is 0.136. The van der Waals surface area contributed by atoms with Crippen LogP contribution in [0, 0.1) is 6.07 Å². The van der Waals surface area contributed by atoms with Gasteiger partial charge in [-0.2, -0.15) is 0 Å². The average molecular weight is 179 g/mol. The molecule has 0 atom stereocenters. The molecule has 4 heteroatoms. The van der Waals surface area contributed by atoms with Crippen molar-refractivity contribution >= 4 is 5.97 Å². The highest BCUT2D eigenvalue weighted by molar-refractivity contribution is 5.93. The van der Waals surface area contributed by atoms with Crippen molar-refractivity contribution in [3.05, 3.63) is 23.8 Å². The lowest BCUT2D eigenvalue weighted by atomic mass is 10.2. The summed E-state index contributed by atoms with van der Waals surface area (Å²) in [7, 11) is 1.32. The van der Waals surface area contributed by atoms with Gasteiger partial charge < -0.3 is 14.2 Å². The summed E-state index contributed by atoms with van der Waals surface area (Å²) in [5.41, 5.74) is 0.345. The fourth-order valence-electron chi connectivity index (χ4n) is 1.13. The number of hydrogen-bond donors (Lipinski definition) is 0. The van der Waals surface area contributed by atoms with Gasteiger partial charge in [0, 0.05) is 0 Å². The number of fused-ring (bicyclic) bond motifs is 1. The molecule has 0 N–H and O–H groups in total. The highest BCUT2D eigenvalue weighted by Gasteiger charge is 2.21. The van der Waals surface area contributed by atoms with Crippen LogP contribution in [0.4, 0.5) is 0 Å². The van der Waals surface area contributed by atoms with E-state index in [1.54, 1.807) is 6.07 Å². The van der Waals surface area contributed by atoms with Crippen LogP contribution in [-0.4, -0.2) is 19.9 Å². The van der Waals surface area contributed by atoms with E-state index in [-0.39, 0.29) is 6.79 Å². The number of carbonyl (C=O) groups is 1. The molecule has 1 radical (unpaired) electrons. The zero-order chi connectivity index (χ0) is 9.26. The van der Waals surface area contributed by atoms with Crippen molar-refractivity contribution in [1.29, 1.82) is 0 Å². The Kier molecular flexibility index (Phi) is 1.81. The van der Waals surface area contributed by atoms with Gasteiger partial charge in [-0.25, -0.2) is 4.79 Å². The SMILES string of the molecule is COC(=O)c1c[c]cc2c1OCO2. The van der Waals surface area contributed by atoms with E-state index in [0.717, 1.165) is 0 Å². The molecule has 1 aliphatic rings. The third-order valence-electron chi connectivity index (χ3n) is 1.73. The summed E-state index contributed by atoms with van der Waals surface area (Å²) in [5, 5.41) is 0. The fraction of sp³-hybridized carbons (Fsp3) is 0.222. The van der Waals surface area contributed by atoms with Gasteiger partial charge in [-0.3, -0.25) is 0 Å². The van der Waals surface area contributed by atoms with Crippen molar-refractivity contribution in [2.24, 2.45) is 0 Å². The van der Waals surface area contributed by atoms with Gasteiger partial charge in [0.1, 0.15) is 5.56 Å². The molecule has 2 rings (SSSR count).